The number of nitrogen functional groups attached to an aromatic ring is 1. The molecule has 0 atom stereocenters. The quantitative estimate of drug-likeness (QED) is 0.829. The number of hydrogen-bond donors (Lipinski definition) is 2. The van der Waals surface area contributed by atoms with E-state index in [-0.39, 0.29) is 11.8 Å². The minimum Gasteiger partial charge on any atom is -0.494 e. The van der Waals surface area contributed by atoms with Crippen molar-refractivity contribution in [3.8, 4) is 5.75 Å². The minimum absolute atomic E-state index is 0.106. The van der Waals surface area contributed by atoms with Crippen LogP contribution in [0.3, 0.4) is 0 Å². The Bertz CT molecular complexity index is 452. The highest BCUT2D eigenvalue weighted by Crippen LogP contribution is 2.29. The second-order valence-corrected chi connectivity index (χ2v) is 5.49. The molecular formula is C16H24N2O2. The Balaban J connectivity index is 2.02. The first-order chi connectivity index (χ1) is 9.70. The molecule has 3 N–H and O–H groups in total. The summed E-state index contributed by atoms with van der Waals surface area (Å²) in [7, 11) is 1.58. The number of nitrogens with two attached hydrogens (primary N) is 1. The van der Waals surface area contributed by atoms with Gasteiger partial charge in [-0.2, -0.15) is 0 Å². The molecule has 4 heteroatoms. The zero-order valence-corrected chi connectivity index (χ0v) is 12.2. The number of ether oxygens (including phenoxy) is 1. The van der Waals surface area contributed by atoms with Crippen molar-refractivity contribution in [3.63, 3.8) is 0 Å². The molecule has 1 amide bonds. The van der Waals surface area contributed by atoms with Gasteiger partial charge in [0, 0.05) is 17.7 Å². The fourth-order valence-corrected chi connectivity index (χ4v) is 2.76. The van der Waals surface area contributed by atoms with Gasteiger partial charge < -0.3 is 15.8 Å². The molecule has 0 spiro atoms. The van der Waals surface area contributed by atoms with E-state index >= 15 is 0 Å². The molecule has 1 fully saturated rings. The summed E-state index contributed by atoms with van der Waals surface area (Å²) in [6, 6.07) is 5.30. The van der Waals surface area contributed by atoms with Crippen LogP contribution in [0.2, 0.25) is 0 Å². The summed E-state index contributed by atoms with van der Waals surface area (Å²) in [6.07, 6.45) is 8.07. The number of nitrogens with one attached hydrogen (secondary N) is 1. The van der Waals surface area contributed by atoms with Crippen molar-refractivity contribution in [2.45, 2.75) is 44.9 Å². The highest BCUT2D eigenvalue weighted by atomic mass is 16.5. The third-order valence-electron chi connectivity index (χ3n) is 3.96. The van der Waals surface area contributed by atoms with Crippen LogP contribution in [0.1, 0.15) is 44.9 Å². The van der Waals surface area contributed by atoms with Gasteiger partial charge in [-0.15, -0.1) is 0 Å². The summed E-state index contributed by atoms with van der Waals surface area (Å²) in [4.78, 5) is 12.4. The van der Waals surface area contributed by atoms with Gasteiger partial charge in [0.2, 0.25) is 5.91 Å². The average molecular weight is 276 g/mol. The van der Waals surface area contributed by atoms with Gasteiger partial charge in [-0.3, -0.25) is 4.79 Å². The lowest BCUT2D eigenvalue weighted by Crippen LogP contribution is -2.23. The standard InChI is InChI=1S/C16H24N2O2/c1-20-15-11-13(17)9-10-14(15)18-16(19)12-7-5-3-2-4-6-8-12/h9-12H,2-8,17H2,1H3,(H,18,19). The van der Waals surface area contributed by atoms with Crippen molar-refractivity contribution >= 4 is 17.3 Å². The Hall–Kier alpha value is -1.71. The molecule has 20 heavy (non-hydrogen) atoms. The zero-order chi connectivity index (χ0) is 14.4. The number of hydrogen-bond acceptors (Lipinski definition) is 3. The molecule has 0 unspecified atom stereocenters. The molecule has 0 bridgehead atoms. The number of amides is 1. The Labute approximate surface area is 120 Å². The minimum atomic E-state index is 0.106. The van der Waals surface area contributed by atoms with Crippen LogP contribution in [-0.2, 0) is 4.79 Å². The molecule has 4 nitrogen and oxygen atoms in total. The number of rotatable bonds is 3. The molecule has 1 aliphatic carbocycles. The van der Waals surface area contributed by atoms with Crippen molar-refractivity contribution in [1.82, 2.24) is 0 Å². The normalized spacial score (nSPS) is 17.1. The van der Waals surface area contributed by atoms with E-state index in [9.17, 15) is 4.79 Å². The van der Waals surface area contributed by atoms with Crippen LogP contribution in [0.4, 0.5) is 11.4 Å². The Morgan fingerprint density at radius 2 is 1.85 bits per heavy atom. The lowest BCUT2D eigenvalue weighted by molar-refractivity contribution is -0.120. The van der Waals surface area contributed by atoms with Crippen LogP contribution >= 0.6 is 0 Å². The van der Waals surface area contributed by atoms with Crippen molar-refractivity contribution in [3.05, 3.63) is 18.2 Å². The van der Waals surface area contributed by atoms with E-state index in [1.807, 2.05) is 0 Å². The van der Waals surface area contributed by atoms with Crippen LogP contribution < -0.4 is 15.8 Å². The molecule has 1 aromatic rings. The predicted octanol–water partition coefficient (Wildman–Crippen LogP) is 3.58. The van der Waals surface area contributed by atoms with E-state index in [1.54, 1.807) is 25.3 Å². The molecule has 0 aliphatic heterocycles. The van der Waals surface area contributed by atoms with Gasteiger partial charge in [-0.1, -0.05) is 32.1 Å². The molecule has 0 heterocycles. The van der Waals surface area contributed by atoms with E-state index in [2.05, 4.69) is 5.32 Å². The van der Waals surface area contributed by atoms with E-state index in [4.69, 9.17) is 10.5 Å². The van der Waals surface area contributed by atoms with E-state index in [1.165, 1.54) is 19.3 Å². The van der Waals surface area contributed by atoms with Gasteiger partial charge in [0.15, 0.2) is 0 Å². The number of methoxy groups -OCH3 is 1. The van der Waals surface area contributed by atoms with E-state index < -0.39 is 0 Å². The predicted molar refractivity (Wildman–Crippen MR) is 81.8 cm³/mol. The van der Waals surface area contributed by atoms with Crippen LogP contribution in [0.15, 0.2) is 18.2 Å². The van der Waals surface area contributed by atoms with Gasteiger partial charge in [-0.05, 0) is 25.0 Å². The summed E-state index contributed by atoms with van der Waals surface area (Å²) in [5, 5.41) is 2.99. The van der Waals surface area contributed by atoms with Gasteiger partial charge in [0.1, 0.15) is 5.75 Å². The Morgan fingerprint density at radius 3 is 2.50 bits per heavy atom. The monoisotopic (exact) mass is 276 g/mol. The Morgan fingerprint density at radius 1 is 1.20 bits per heavy atom. The van der Waals surface area contributed by atoms with Crippen LogP contribution in [-0.4, -0.2) is 13.0 Å². The molecular weight excluding hydrogens is 252 g/mol. The average Bonchev–Trinajstić information content (AvgIpc) is 2.40. The lowest BCUT2D eigenvalue weighted by atomic mass is 9.90. The largest absolute Gasteiger partial charge is 0.494 e. The van der Waals surface area contributed by atoms with Gasteiger partial charge >= 0.3 is 0 Å². The summed E-state index contributed by atoms with van der Waals surface area (Å²) in [5.41, 5.74) is 7.05. The maximum absolute atomic E-state index is 12.4. The second-order valence-electron chi connectivity index (χ2n) is 5.49. The number of carbonyl (C=O) groups excluding carboxylic acids is 1. The van der Waals surface area contributed by atoms with E-state index in [0.29, 0.717) is 17.1 Å². The molecule has 110 valence electrons. The molecule has 1 aromatic carbocycles. The highest BCUT2D eigenvalue weighted by Gasteiger charge is 2.20. The highest BCUT2D eigenvalue weighted by molar-refractivity contribution is 5.94. The summed E-state index contributed by atoms with van der Waals surface area (Å²) in [5.74, 6) is 0.844. The van der Waals surface area contributed by atoms with Crippen molar-refractivity contribution in [2.75, 3.05) is 18.2 Å². The fourth-order valence-electron chi connectivity index (χ4n) is 2.76. The van der Waals surface area contributed by atoms with Crippen LogP contribution in [0.5, 0.6) is 5.75 Å². The molecule has 1 saturated carbocycles. The maximum atomic E-state index is 12.4. The Kier molecular flexibility index (Phi) is 5.27. The third kappa shape index (κ3) is 3.89. The number of carbonyl (C=O) groups is 1. The van der Waals surface area contributed by atoms with Gasteiger partial charge in [0.05, 0.1) is 12.8 Å². The first-order valence-corrected chi connectivity index (χ1v) is 7.45. The van der Waals surface area contributed by atoms with Gasteiger partial charge in [0.25, 0.3) is 0 Å². The first-order valence-electron chi connectivity index (χ1n) is 7.45. The maximum Gasteiger partial charge on any atom is 0.227 e. The zero-order valence-electron chi connectivity index (χ0n) is 12.2. The third-order valence-corrected chi connectivity index (χ3v) is 3.96. The van der Waals surface area contributed by atoms with Crippen molar-refractivity contribution < 1.29 is 9.53 Å². The first kappa shape index (κ1) is 14.7. The molecule has 0 aromatic heterocycles. The SMILES string of the molecule is COc1cc(N)ccc1NC(=O)C1CCCCCCC1. The van der Waals surface area contributed by atoms with E-state index in [0.717, 1.165) is 25.7 Å². The molecule has 2 rings (SSSR count). The molecule has 0 saturated heterocycles. The van der Waals surface area contributed by atoms with Crippen molar-refractivity contribution in [2.24, 2.45) is 5.92 Å². The summed E-state index contributed by atoms with van der Waals surface area (Å²) in [6.45, 7) is 0. The summed E-state index contributed by atoms with van der Waals surface area (Å²) < 4.78 is 5.26. The lowest BCUT2D eigenvalue weighted by Gasteiger charge is -2.20. The molecule has 1 aliphatic rings. The van der Waals surface area contributed by atoms with Crippen molar-refractivity contribution in [1.29, 1.82) is 0 Å². The number of anilines is 2. The smallest absolute Gasteiger partial charge is 0.227 e. The second kappa shape index (κ2) is 7.17. The number of benzene rings is 1. The molecule has 0 radical (unpaired) electrons. The van der Waals surface area contributed by atoms with Gasteiger partial charge in [-0.25, -0.2) is 0 Å². The topological polar surface area (TPSA) is 64.3 Å². The summed E-state index contributed by atoms with van der Waals surface area (Å²) >= 11 is 0. The van der Waals surface area contributed by atoms with Crippen LogP contribution in [0, 0.1) is 5.92 Å². The fraction of sp³-hybridized carbons (Fsp3) is 0.562. The van der Waals surface area contributed by atoms with Crippen LogP contribution in [0.25, 0.3) is 0 Å².